The maximum atomic E-state index is 14.0. The van der Waals surface area contributed by atoms with Gasteiger partial charge in [0.05, 0.1) is 31.0 Å². The van der Waals surface area contributed by atoms with Crippen LogP contribution in [0.4, 0.5) is 18.9 Å². The van der Waals surface area contributed by atoms with Crippen molar-refractivity contribution in [2.75, 3.05) is 44.3 Å². The monoisotopic (exact) mass is 449 g/mol. The van der Waals surface area contributed by atoms with E-state index < -0.39 is 23.6 Å². The molecule has 0 radical (unpaired) electrons. The minimum absolute atomic E-state index is 0.162. The van der Waals surface area contributed by atoms with E-state index in [0.717, 1.165) is 45.5 Å². The molecule has 5 nitrogen and oxygen atoms in total. The molecule has 31 heavy (non-hydrogen) atoms. The lowest BCUT2D eigenvalue weighted by Crippen LogP contribution is -2.56. The summed E-state index contributed by atoms with van der Waals surface area (Å²) in [7, 11) is 0. The number of piperazine rings is 1. The average molecular weight is 449 g/mol. The molecule has 164 valence electrons. The van der Waals surface area contributed by atoms with E-state index in [1.54, 1.807) is 12.1 Å². The first-order valence-electron chi connectivity index (χ1n) is 10.2. The van der Waals surface area contributed by atoms with Crippen LogP contribution in [0.15, 0.2) is 53.6 Å². The minimum atomic E-state index is -2.72. The smallest absolute Gasteiger partial charge is 0.266 e. The van der Waals surface area contributed by atoms with Crippen molar-refractivity contribution in [3.63, 3.8) is 0 Å². The lowest BCUT2D eigenvalue weighted by atomic mass is 10.1. The number of anilines is 1. The van der Waals surface area contributed by atoms with Gasteiger partial charge in [0.15, 0.2) is 4.90 Å². The highest BCUT2D eigenvalue weighted by Gasteiger charge is 2.31. The zero-order valence-corrected chi connectivity index (χ0v) is 17.5. The maximum absolute atomic E-state index is 14.0. The van der Waals surface area contributed by atoms with Crippen molar-refractivity contribution in [3.05, 3.63) is 60.0 Å². The van der Waals surface area contributed by atoms with E-state index in [1.165, 1.54) is 28.4 Å². The van der Waals surface area contributed by atoms with Crippen LogP contribution in [0.25, 0.3) is 10.9 Å². The number of benzene rings is 2. The second-order valence-corrected chi connectivity index (χ2v) is 9.17. The van der Waals surface area contributed by atoms with Crippen LogP contribution in [0.1, 0.15) is 12.0 Å². The molecule has 1 aromatic heterocycles. The Bertz CT molecular complexity index is 1080. The number of nitrogens with zero attached hydrogens (tertiary/aromatic N) is 3. The molecular formula is C22H22F3N3O2S. The molecule has 2 saturated heterocycles. The molecule has 3 heterocycles. The Hall–Kier alpha value is -2.20. The van der Waals surface area contributed by atoms with Gasteiger partial charge in [-0.3, -0.25) is 4.90 Å². The van der Waals surface area contributed by atoms with Gasteiger partial charge in [-0.15, -0.1) is 0 Å². The highest BCUT2D eigenvalue weighted by Crippen LogP contribution is 2.38. The van der Waals surface area contributed by atoms with Gasteiger partial charge in [-0.1, -0.05) is 12.1 Å². The average Bonchev–Trinajstić information content (AvgIpc) is 3.13. The molecule has 3 aromatic rings. The number of rotatable bonds is 5. The minimum Gasteiger partial charge on any atom is -0.587 e. The van der Waals surface area contributed by atoms with Gasteiger partial charge in [0.1, 0.15) is 22.7 Å². The van der Waals surface area contributed by atoms with Crippen LogP contribution >= 0.6 is 0 Å². The summed E-state index contributed by atoms with van der Waals surface area (Å²) in [4.78, 5) is 4.71. The maximum Gasteiger partial charge on any atom is 0.266 e. The fraction of sp³-hybridized carbons (Fsp3) is 0.364. The summed E-state index contributed by atoms with van der Waals surface area (Å²) in [5.41, 5.74) is 1.00. The lowest BCUT2D eigenvalue weighted by Gasteiger charge is -2.43. The summed E-state index contributed by atoms with van der Waals surface area (Å²) in [5, 5.41) is 0.405. The molecule has 5 rings (SSSR count). The Labute approximate surface area is 181 Å². The molecule has 1 atom stereocenters. The van der Waals surface area contributed by atoms with E-state index in [-0.39, 0.29) is 10.5 Å². The number of aromatic nitrogens is 1. The van der Waals surface area contributed by atoms with Crippen molar-refractivity contribution in [1.29, 1.82) is 0 Å². The van der Waals surface area contributed by atoms with E-state index in [1.807, 2.05) is 6.07 Å². The summed E-state index contributed by atoms with van der Waals surface area (Å²) in [5.74, 6) is -0.521. The molecule has 9 heteroatoms. The molecule has 0 saturated carbocycles. The second-order valence-electron chi connectivity index (χ2n) is 7.80. The number of hydrogen-bond acceptors (Lipinski definition) is 4. The molecule has 2 aliphatic rings. The predicted molar refractivity (Wildman–Crippen MR) is 113 cm³/mol. The van der Waals surface area contributed by atoms with Crippen LogP contribution < -0.4 is 4.90 Å². The largest absolute Gasteiger partial charge is 0.587 e. The van der Waals surface area contributed by atoms with Crippen LogP contribution in [0, 0.1) is 5.82 Å². The van der Waals surface area contributed by atoms with Gasteiger partial charge in [0.25, 0.3) is 6.43 Å². The summed E-state index contributed by atoms with van der Waals surface area (Å²) < 4.78 is 61.3. The molecule has 2 fully saturated rings. The highest BCUT2D eigenvalue weighted by atomic mass is 32.2. The SMILES string of the molecule is [O-][S+](c1cccc(F)c1)n1cc(C(F)F)c2c(N3CCN(C4COC4)CC3)cccc21. The van der Waals surface area contributed by atoms with Gasteiger partial charge < -0.3 is 14.2 Å². The number of hydrogen-bond donors (Lipinski definition) is 0. The number of alkyl halides is 2. The highest BCUT2D eigenvalue weighted by molar-refractivity contribution is 7.90. The molecule has 2 aliphatic heterocycles. The molecule has 0 spiro atoms. The molecule has 0 N–H and O–H groups in total. The van der Waals surface area contributed by atoms with Crippen molar-refractivity contribution in [2.45, 2.75) is 17.4 Å². The molecule has 0 amide bonds. The second kappa shape index (κ2) is 8.38. The van der Waals surface area contributed by atoms with Crippen molar-refractivity contribution in [1.82, 2.24) is 8.87 Å². The van der Waals surface area contributed by atoms with Crippen molar-refractivity contribution in [3.8, 4) is 0 Å². The lowest BCUT2D eigenvalue weighted by molar-refractivity contribution is -0.0660. The van der Waals surface area contributed by atoms with Gasteiger partial charge in [-0.2, -0.15) is 3.97 Å². The van der Waals surface area contributed by atoms with E-state index >= 15 is 0 Å². The quantitative estimate of drug-likeness (QED) is 0.556. The summed E-state index contributed by atoms with van der Waals surface area (Å²) in [6, 6.07) is 11.2. The van der Waals surface area contributed by atoms with Crippen molar-refractivity contribution < 1.29 is 22.5 Å². The standard InChI is InChI=1S/C22H22F3N3O2S/c23-15-3-1-4-17(11-15)31(29)28-12-18(22(24)25)21-19(5-2-6-20(21)28)27-9-7-26(8-10-27)16-13-30-14-16/h1-6,11-12,16,22H,7-10,13-14H2. The fourth-order valence-electron chi connectivity index (χ4n) is 4.29. The van der Waals surface area contributed by atoms with E-state index in [2.05, 4.69) is 9.80 Å². The van der Waals surface area contributed by atoms with Crippen LogP contribution in [0.5, 0.6) is 0 Å². The first-order chi connectivity index (χ1) is 15.0. The first kappa shape index (κ1) is 20.7. The van der Waals surface area contributed by atoms with Gasteiger partial charge in [0.2, 0.25) is 0 Å². The van der Waals surface area contributed by atoms with Crippen LogP contribution in [0.2, 0.25) is 0 Å². The Morgan fingerprint density at radius 1 is 1.03 bits per heavy atom. The molecule has 0 aliphatic carbocycles. The molecule has 1 unspecified atom stereocenters. The summed E-state index contributed by atoms with van der Waals surface area (Å²) >= 11 is -1.84. The van der Waals surface area contributed by atoms with Gasteiger partial charge in [0, 0.05) is 43.3 Å². The predicted octanol–water partition coefficient (Wildman–Crippen LogP) is 3.81. The summed E-state index contributed by atoms with van der Waals surface area (Å²) in [6.45, 7) is 4.61. The molecule has 0 bridgehead atoms. The third kappa shape index (κ3) is 3.80. The van der Waals surface area contributed by atoms with E-state index in [4.69, 9.17) is 4.74 Å². The Balaban J connectivity index is 1.52. The van der Waals surface area contributed by atoms with Crippen LogP contribution in [0.3, 0.4) is 0 Å². The van der Waals surface area contributed by atoms with Crippen LogP contribution in [-0.2, 0) is 16.1 Å². The van der Waals surface area contributed by atoms with Gasteiger partial charge in [-0.25, -0.2) is 13.2 Å². The first-order valence-corrected chi connectivity index (χ1v) is 11.3. The molecular weight excluding hydrogens is 427 g/mol. The third-order valence-electron chi connectivity index (χ3n) is 6.01. The van der Waals surface area contributed by atoms with E-state index in [0.29, 0.717) is 22.6 Å². The third-order valence-corrected chi connectivity index (χ3v) is 7.32. The zero-order chi connectivity index (χ0) is 21.5. The van der Waals surface area contributed by atoms with Crippen molar-refractivity contribution in [2.24, 2.45) is 0 Å². The molecule has 2 aromatic carbocycles. The van der Waals surface area contributed by atoms with Gasteiger partial charge >= 0.3 is 0 Å². The Kier molecular flexibility index (Phi) is 5.60. The normalized spacial score (nSPS) is 19.2. The summed E-state index contributed by atoms with van der Waals surface area (Å²) in [6.07, 6.45) is -1.48. The number of ether oxygens (including phenoxy) is 1. The number of fused-ring (bicyclic) bond motifs is 1. The van der Waals surface area contributed by atoms with Gasteiger partial charge in [-0.05, 0) is 24.3 Å². The zero-order valence-electron chi connectivity index (χ0n) is 16.7. The van der Waals surface area contributed by atoms with Crippen LogP contribution in [-0.4, -0.2) is 58.9 Å². The number of halogens is 3. The fourth-order valence-corrected chi connectivity index (χ4v) is 5.46. The topological polar surface area (TPSA) is 43.7 Å². The Morgan fingerprint density at radius 3 is 2.42 bits per heavy atom. The Morgan fingerprint density at radius 2 is 1.77 bits per heavy atom. The van der Waals surface area contributed by atoms with Crippen molar-refractivity contribution >= 4 is 28.0 Å². The van der Waals surface area contributed by atoms with E-state index in [9.17, 15) is 17.7 Å².